The highest BCUT2D eigenvalue weighted by molar-refractivity contribution is 5.14. The van der Waals surface area contributed by atoms with Crippen molar-refractivity contribution in [1.82, 2.24) is 5.32 Å². The summed E-state index contributed by atoms with van der Waals surface area (Å²) in [6, 6.07) is 10.5. The number of benzene rings is 1. The predicted molar refractivity (Wildman–Crippen MR) is 73.1 cm³/mol. The molecule has 0 saturated carbocycles. The molecule has 1 atom stereocenters. The summed E-state index contributed by atoms with van der Waals surface area (Å²) in [5, 5.41) is 3.43. The molecule has 0 aromatic heterocycles. The highest BCUT2D eigenvalue weighted by Crippen LogP contribution is 2.01. The molecule has 17 heavy (non-hydrogen) atoms. The Balaban J connectivity index is 1.95. The van der Waals surface area contributed by atoms with Crippen molar-refractivity contribution in [2.75, 3.05) is 13.2 Å². The van der Waals surface area contributed by atoms with Crippen molar-refractivity contribution >= 4 is 0 Å². The van der Waals surface area contributed by atoms with Gasteiger partial charge in [-0.2, -0.15) is 0 Å². The zero-order valence-electron chi connectivity index (χ0n) is 11.1. The molecule has 0 saturated heterocycles. The van der Waals surface area contributed by atoms with Gasteiger partial charge in [-0.25, -0.2) is 0 Å². The summed E-state index contributed by atoms with van der Waals surface area (Å²) in [4.78, 5) is 0. The first kappa shape index (κ1) is 14.2. The summed E-state index contributed by atoms with van der Waals surface area (Å²) in [7, 11) is 0. The van der Waals surface area contributed by atoms with Crippen LogP contribution in [0.25, 0.3) is 0 Å². The number of rotatable bonds is 9. The van der Waals surface area contributed by atoms with Crippen LogP contribution in [-0.4, -0.2) is 19.3 Å². The highest BCUT2D eigenvalue weighted by Gasteiger charge is 1.99. The fraction of sp³-hybridized carbons (Fsp3) is 0.600. The van der Waals surface area contributed by atoms with Crippen molar-refractivity contribution in [3.8, 4) is 0 Å². The lowest BCUT2D eigenvalue weighted by Gasteiger charge is -2.11. The molecule has 2 heteroatoms. The average Bonchev–Trinajstić information content (AvgIpc) is 2.35. The molecule has 0 aliphatic heterocycles. The number of hydrogen-bond acceptors (Lipinski definition) is 2. The lowest BCUT2D eigenvalue weighted by Crippen LogP contribution is -2.17. The lowest BCUT2D eigenvalue weighted by atomic mass is 10.2. The van der Waals surface area contributed by atoms with Gasteiger partial charge in [0.2, 0.25) is 0 Å². The van der Waals surface area contributed by atoms with E-state index in [9.17, 15) is 0 Å². The summed E-state index contributed by atoms with van der Waals surface area (Å²) in [6.07, 6.45) is 3.86. The average molecular weight is 235 g/mol. The molecule has 1 unspecified atom stereocenters. The van der Waals surface area contributed by atoms with Crippen LogP contribution in [-0.2, 0) is 11.3 Å². The van der Waals surface area contributed by atoms with E-state index in [1.54, 1.807) is 0 Å². The van der Waals surface area contributed by atoms with E-state index >= 15 is 0 Å². The normalized spacial score (nSPS) is 12.6. The van der Waals surface area contributed by atoms with Gasteiger partial charge in [0.25, 0.3) is 0 Å². The van der Waals surface area contributed by atoms with Gasteiger partial charge in [0.05, 0.1) is 6.10 Å². The van der Waals surface area contributed by atoms with Crippen molar-refractivity contribution in [2.24, 2.45) is 0 Å². The fourth-order valence-corrected chi connectivity index (χ4v) is 1.80. The third-order valence-corrected chi connectivity index (χ3v) is 2.77. The maximum atomic E-state index is 5.69. The molecule has 0 aliphatic rings. The van der Waals surface area contributed by atoms with Crippen molar-refractivity contribution < 1.29 is 4.74 Å². The highest BCUT2D eigenvalue weighted by atomic mass is 16.5. The molecule has 1 rings (SSSR count). The predicted octanol–water partition coefficient (Wildman–Crippen LogP) is 3.37. The molecule has 2 nitrogen and oxygen atoms in total. The van der Waals surface area contributed by atoms with E-state index in [0.717, 1.165) is 32.5 Å². The van der Waals surface area contributed by atoms with E-state index in [1.165, 1.54) is 12.0 Å². The molecule has 96 valence electrons. The number of nitrogens with one attached hydrogen (secondary N) is 1. The molecular weight excluding hydrogens is 210 g/mol. The molecular formula is C15H25NO. The second-order valence-electron chi connectivity index (χ2n) is 4.49. The molecule has 0 fully saturated rings. The Bertz CT molecular complexity index is 274. The number of hydrogen-bond donors (Lipinski definition) is 1. The second-order valence-corrected chi connectivity index (χ2v) is 4.49. The van der Waals surface area contributed by atoms with Gasteiger partial charge >= 0.3 is 0 Å². The van der Waals surface area contributed by atoms with Gasteiger partial charge in [-0.1, -0.05) is 43.7 Å². The van der Waals surface area contributed by atoms with E-state index in [-0.39, 0.29) is 0 Å². The van der Waals surface area contributed by atoms with Crippen molar-refractivity contribution in [3.05, 3.63) is 35.9 Å². The molecule has 0 spiro atoms. The van der Waals surface area contributed by atoms with Gasteiger partial charge in [0, 0.05) is 13.2 Å². The Kier molecular flexibility index (Phi) is 7.69. The zero-order valence-corrected chi connectivity index (χ0v) is 11.1. The molecule has 0 radical (unpaired) electrons. The minimum Gasteiger partial charge on any atom is -0.378 e. The third-order valence-electron chi connectivity index (χ3n) is 2.77. The SMILES string of the molecule is CCCC(C)OCCCNCc1ccccc1. The van der Waals surface area contributed by atoms with Crippen molar-refractivity contribution in [3.63, 3.8) is 0 Å². The van der Waals surface area contributed by atoms with Crippen molar-refractivity contribution in [2.45, 2.75) is 45.8 Å². The first-order valence-electron chi connectivity index (χ1n) is 6.69. The van der Waals surface area contributed by atoms with Crippen LogP contribution in [0.4, 0.5) is 0 Å². The Hall–Kier alpha value is -0.860. The summed E-state index contributed by atoms with van der Waals surface area (Å²) in [5.74, 6) is 0. The molecule has 0 bridgehead atoms. The topological polar surface area (TPSA) is 21.3 Å². The van der Waals surface area contributed by atoms with E-state index in [4.69, 9.17) is 4.74 Å². The van der Waals surface area contributed by atoms with Crippen LogP contribution in [0, 0.1) is 0 Å². The molecule has 0 amide bonds. The van der Waals surface area contributed by atoms with E-state index < -0.39 is 0 Å². The van der Waals surface area contributed by atoms with Crippen LogP contribution >= 0.6 is 0 Å². The van der Waals surface area contributed by atoms with Gasteiger partial charge in [-0.15, -0.1) is 0 Å². The quantitative estimate of drug-likeness (QED) is 0.663. The summed E-state index contributed by atoms with van der Waals surface area (Å²) in [5.41, 5.74) is 1.34. The minimum atomic E-state index is 0.411. The number of ether oxygens (including phenoxy) is 1. The maximum Gasteiger partial charge on any atom is 0.0546 e. The third kappa shape index (κ3) is 7.14. The zero-order chi connectivity index (χ0) is 12.3. The van der Waals surface area contributed by atoms with E-state index in [0.29, 0.717) is 6.10 Å². The van der Waals surface area contributed by atoms with Gasteiger partial charge < -0.3 is 10.1 Å². The van der Waals surface area contributed by atoms with Crippen molar-refractivity contribution in [1.29, 1.82) is 0 Å². The Morgan fingerprint density at radius 3 is 2.71 bits per heavy atom. The van der Waals surface area contributed by atoms with Crippen LogP contribution in [0.5, 0.6) is 0 Å². The Labute approximate surface area is 105 Å². The molecule has 0 aliphatic carbocycles. The van der Waals surface area contributed by atoms with E-state index in [2.05, 4.69) is 43.4 Å². The molecule has 1 aromatic carbocycles. The molecule has 0 heterocycles. The van der Waals surface area contributed by atoms with Gasteiger partial charge in [0.1, 0.15) is 0 Å². The minimum absolute atomic E-state index is 0.411. The standard InChI is InChI=1S/C15H25NO/c1-3-8-14(2)17-12-7-11-16-13-15-9-5-4-6-10-15/h4-6,9-10,14,16H,3,7-8,11-13H2,1-2H3. The van der Waals surface area contributed by atoms with E-state index in [1.807, 2.05) is 6.07 Å². The Morgan fingerprint density at radius 2 is 2.00 bits per heavy atom. The second kappa shape index (κ2) is 9.20. The molecule has 1 N–H and O–H groups in total. The smallest absolute Gasteiger partial charge is 0.0546 e. The van der Waals surface area contributed by atoms with Crippen LogP contribution in [0.2, 0.25) is 0 Å². The van der Waals surface area contributed by atoms with Gasteiger partial charge in [-0.05, 0) is 31.9 Å². The largest absolute Gasteiger partial charge is 0.378 e. The van der Waals surface area contributed by atoms with Crippen LogP contribution < -0.4 is 5.32 Å². The van der Waals surface area contributed by atoms with Crippen LogP contribution in [0.3, 0.4) is 0 Å². The first-order valence-corrected chi connectivity index (χ1v) is 6.69. The first-order chi connectivity index (χ1) is 8.33. The monoisotopic (exact) mass is 235 g/mol. The fourth-order valence-electron chi connectivity index (χ4n) is 1.80. The molecule has 1 aromatic rings. The summed E-state index contributed by atoms with van der Waals surface area (Å²) >= 11 is 0. The van der Waals surface area contributed by atoms with Gasteiger partial charge in [0.15, 0.2) is 0 Å². The summed E-state index contributed by atoms with van der Waals surface area (Å²) in [6.45, 7) is 7.18. The lowest BCUT2D eigenvalue weighted by molar-refractivity contribution is 0.0583. The van der Waals surface area contributed by atoms with Gasteiger partial charge in [-0.3, -0.25) is 0 Å². The Morgan fingerprint density at radius 1 is 1.24 bits per heavy atom. The summed E-state index contributed by atoms with van der Waals surface area (Å²) < 4.78 is 5.69. The van der Waals surface area contributed by atoms with Crippen LogP contribution in [0.1, 0.15) is 38.7 Å². The maximum absolute atomic E-state index is 5.69. The van der Waals surface area contributed by atoms with Crippen LogP contribution in [0.15, 0.2) is 30.3 Å².